The number of nitrogens with one attached hydrogen (secondary N) is 1. The Labute approximate surface area is 142 Å². The molecule has 2 aromatic heterocycles. The Morgan fingerprint density at radius 2 is 2.04 bits per heavy atom. The summed E-state index contributed by atoms with van der Waals surface area (Å²) in [6.45, 7) is 0.365. The molecule has 1 N–H and O–H groups in total. The van der Waals surface area contributed by atoms with Crippen LogP contribution in [0.4, 0.5) is 14.5 Å². The SMILES string of the molecule is O=C1CC(c2ncc(-c3cccnc3)[nH]2)CN1c1ccc(F)c(F)c1. The van der Waals surface area contributed by atoms with Crippen molar-refractivity contribution in [1.82, 2.24) is 15.0 Å². The van der Waals surface area contributed by atoms with E-state index in [1.54, 1.807) is 18.6 Å². The van der Waals surface area contributed by atoms with Gasteiger partial charge in [0.1, 0.15) is 5.82 Å². The number of amides is 1. The van der Waals surface area contributed by atoms with E-state index in [-0.39, 0.29) is 18.2 Å². The molecular formula is C18H14F2N4O. The molecule has 25 heavy (non-hydrogen) atoms. The summed E-state index contributed by atoms with van der Waals surface area (Å²) < 4.78 is 26.5. The van der Waals surface area contributed by atoms with Crippen molar-refractivity contribution in [2.24, 2.45) is 0 Å². The smallest absolute Gasteiger partial charge is 0.227 e. The first kappa shape index (κ1) is 15.4. The van der Waals surface area contributed by atoms with Crippen molar-refractivity contribution >= 4 is 11.6 Å². The number of benzene rings is 1. The van der Waals surface area contributed by atoms with Crippen LogP contribution in [0.1, 0.15) is 18.2 Å². The van der Waals surface area contributed by atoms with Gasteiger partial charge in [0.2, 0.25) is 5.91 Å². The summed E-state index contributed by atoms with van der Waals surface area (Å²) >= 11 is 0. The van der Waals surface area contributed by atoms with E-state index in [0.717, 1.165) is 23.4 Å². The van der Waals surface area contributed by atoms with Crippen molar-refractivity contribution in [3.63, 3.8) is 0 Å². The molecule has 0 radical (unpaired) electrons. The Morgan fingerprint density at radius 3 is 2.80 bits per heavy atom. The Morgan fingerprint density at radius 1 is 1.16 bits per heavy atom. The number of hydrogen-bond donors (Lipinski definition) is 1. The molecule has 1 unspecified atom stereocenters. The monoisotopic (exact) mass is 340 g/mol. The highest BCUT2D eigenvalue weighted by molar-refractivity contribution is 5.96. The van der Waals surface area contributed by atoms with Crippen molar-refractivity contribution in [3.8, 4) is 11.3 Å². The lowest BCUT2D eigenvalue weighted by Gasteiger charge is -2.16. The number of pyridine rings is 1. The van der Waals surface area contributed by atoms with Crippen LogP contribution >= 0.6 is 0 Å². The van der Waals surface area contributed by atoms with Crippen molar-refractivity contribution in [2.45, 2.75) is 12.3 Å². The van der Waals surface area contributed by atoms with Crippen LogP contribution in [0.2, 0.25) is 0 Å². The molecule has 5 nitrogen and oxygen atoms in total. The number of anilines is 1. The van der Waals surface area contributed by atoms with Crippen molar-refractivity contribution < 1.29 is 13.6 Å². The standard InChI is InChI=1S/C18H14F2N4O/c19-14-4-3-13(7-15(14)20)24-10-12(6-17(24)25)18-22-9-16(23-18)11-2-1-5-21-8-11/h1-5,7-9,12H,6,10H2,(H,22,23). The van der Waals surface area contributed by atoms with Crippen LogP contribution in [-0.2, 0) is 4.79 Å². The van der Waals surface area contributed by atoms with E-state index in [0.29, 0.717) is 18.1 Å². The van der Waals surface area contributed by atoms with E-state index in [2.05, 4.69) is 15.0 Å². The minimum atomic E-state index is -0.967. The van der Waals surface area contributed by atoms with E-state index in [1.807, 2.05) is 12.1 Å². The lowest BCUT2D eigenvalue weighted by molar-refractivity contribution is -0.117. The Kier molecular flexibility index (Phi) is 3.76. The number of carbonyl (C=O) groups is 1. The van der Waals surface area contributed by atoms with Gasteiger partial charge in [0, 0.05) is 48.6 Å². The van der Waals surface area contributed by atoms with Gasteiger partial charge in [0.05, 0.1) is 11.9 Å². The van der Waals surface area contributed by atoms with Gasteiger partial charge in [-0.1, -0.05) is 0 Å². The van der Waals surface area contributed by atoms with E-state index in [1.165, 1.54) is 11.0 Å². The zero-order valence-electron chi connectivity index (χ0n) is 13.1. The minimum absolute atomic E-state index is 0.133. The highest BCUT2D eigenvalue weighted by Crippen LogP contribution is 2.32. The maximum Gasteiger partial charge on any atom is 0.227 e. The number of aromatic nitrogens is 3. The molecule has 0 bridgehead atoms. The minimum Gasteiger partial charge on any atom is -0.342 e. The molecule has 126 valence electrons. The van der Waals surface area contributed by atoms with Gasteiger partial charge in [0.25, 0.3) is 0 Å². The van der Waals surface area contributed by atoms with Gasteiger partial charge in [-0.2, -0.15) is 0 Å². The van der Waals surface area contributed by atoms with Crippen LogP contribution < -0.4 is 4.90 Å². The molecule has 0 saturated carbocycles. The molecule has 4 rings (SSSR count). The van der Waals surface area contributed by atoms with Crippen LogP contribution in [0.15, 0.2) is 48.9 Å². The average Bonchev–Trinajstić information content (AvgIpc) is 3.25. The third-order valence-corrected chi connectivity index (χ3v) is 4.29. The second kappa shape index (κ2) is 6.08. The first-order valence-electron chi connectivity index (χ1n) is 7.82. The van der Waals surface area contributed by atoms with E-state index in [4.69, 9.17) is 0 Å². The van der Waals surface area contributed by atoms with Gasteiger partial charge in [0.15, 0.2) is 11.6 Å². The number of aromatic amines is 1. The predicted molar refractivity (Wildman–Crippen MR) is 87.9 cm³/mol. The van der Waals surface area contributed by atoms with Gasteiger partial charge in [-0.3, -0.25) is 9.78 Å². The summed E-state index contributed by atoms with van der Waals surface area (Å²) in [5, 5.41) is 0. The van der Waals surface area contributed by atoms with Crippen LogP contribution in [-0.4, -0.2) is 27.4 Å². The molecule has 1 aliphatic rings. The third kappa shape index (κ3) is 2.88. The zero-order chi connectivity index (χ0) is 17.4. The summed E-state index contributed by atoms with van der Waals surface area (Å²) in [7, 11) is 0. The van der Waals surface area contributed by atoms with Gasteiger partial charge in [-0.15, -0.1) is 0 Å². The maximum atomic E-state index is 13.4. The van der Waals surface area contributed by atoms with Crippen LogP contribution in [0.3, 0.4) is 0 Å². The Hall–Kier alpha value is -3.09. The highest BCUT2D eigenvalue weighted by Gasteiger charge is 2.33. The number of halogens is 2. The van der Waals surface area contributed by atoms with Crippen molar-refractivity contribution in [3.05, 3.63) is 66.4 Å². The molecular weight excluding hydrogens is 326 g/mol. The van der Waals surface area contributed by atoms with Crippen molar-refractivity contribution in [1.29, 1.82) is 0 Å². The molecule has 3 heterocycles. The first-order valence-corrected chi connectivity index (χ1v) is 7.82. The summed E-state index contributed by atoms with van der Waals surface area (Å²) in [4.78, 5) is 25.4. The number of rotatable bonds is 3. The van der Waals surface area contributed by atoms with Crippen LogP contribution in [0.25, 0.3) is 11.3 Å². The summed E-state index contributed by atoms with van der Waals surface area (Å²) in [5.41, 5.74) is 2.08. The average molecular weight is 340 g/mol. The number of imidazole rings is 1. The molecule has 7 heteroatoms. The van der Waals surface area contributed by atoms with E-state index >= 15 is 0 Å². The number of nitrogens with zero attached hydrogens (tertiary/aromatic N) is 3. The maximum absolute atomic E-state index is 13.4. The first-order chi connectivity index (χ1) is 12.1. The summed E-state index contributed by atoms with van der Waals surface area (Å²) in [6.07, 6.45) is 5.39. The van der Waals surface area contributed by atoms with Crippen LogP contribution in [0, 0.1) is 11.6 Å². The van der Waals surface area contributed by atoms with Crippen molar-refractivity contribution in [2.75, 3.05) is 11.4 Å². The number of carbonyl (C=O) groups excluding carboxylic acids is 1. The fourth-order valence-electron chi connectivity index (χ4n) is 3.01. The normalized spacial score (nSPS) is 17.3. The van der Waals surface area contributed by atoms with Gasteiger partial charge in [-0.25, -0.2) is 13.8 Å². The van der Waals surface area contributed by atoms with Gasteiger partial charge in [-0.05, 0) is 24.3 Å². The number of hydrogen-bond acceptors (Lipinski definition) is 3. The molecule has 1 amide bonds. The zero-order valence-corrected chi connectivity index (χ0v) is 13.1. The Bertz CT molecular complexity index is 926. The van der Waals surface area contributed by atoms with Gasteiger partial charge < -0.3 is 9.88 Å². The molecule has 1 saturated heterocycles. The summed E-state index contributed by atoms with van der Waals surface area (Å²) in [5.74, 6) is -1.48. The molecule has 0 aliphatic carbocycles. The molecule has 1 aromatic carbocycles. The fourth-order valence-corrected chi connectivity index (χ4v) is 3.01. The third-order valence-electron chi connectivity index (χ3n) is 4.29. The predicted octanol–water partition coefficient (Wildman–Crippen LogP) is 3.27. The molecule has 1 atom stereocenters. The molecule has 1 fully saturated rings. The lowest BCUT2D eigenvalue weighted by atomic mass is 10.1. The highest BCUT2D eigenvalue weighted by atomic mass is 19.2. The molecule has 3 aromatic rings. The second-order valence-electron chi connectivity index (χ2n) is 5.93. The topological polar surface area (TPSA) is 61.9 Å². The van der Waals surface area contributed by atoms with Gasteiger partial charge >= 0.3 is 0 Å². The molecule has 0 spiro atoms. The Balaban J connectivity index is 1.56. The quantitative estimate of drug-likeness (QED) is 0.796. The largest absolute Gasteiger partial charge is 0.342 e. The fraction of sp³-hybridized carbons (Fsp3) is 0.167. The summed E-state index contributed by atoms with van der Waals surface area (Å²) in [6, 6.07) is 7.22. The van der Waals surface area contributed by atoms with E-state index in [9.17, 15) is 13.6 Å². The van der Waals surface area contributed by atoms with Crippen LogP contribution in [0.5, 0.6) is 0 Å². The molecule has 1 aliphatic heterocycles. The second-order valence-corrected chi connectivity index (χ2v) is 5.93. The van der Waals surface area contributed by atoms with E-state index < -0.39 is 11.6 Å². The lowest BCUT2D eigenvalue weighted by Crippen LogP contribution is -2.24. The number of H-pyrrole nitrogens is 1.